The molecule has 1 aromatic rings. The Bertz CT molecular complexity index is 335. The van der Waals surface area contributed by atoms with Crippen LogP contribution in [0.1, 0.15) is 18.4 Å². The smallest absolute Gasteiger partial charge is 0.137 e. The molecule has 1 fully saturated rings. The van der Waals surface area contributed by atoms with Gasteiger partial charge >= 0.3 is 0 Å². The average Bonchev–Trinajstić information content (AvgIpc) is 2.30. The second-order valence-corrected chi connectivity index (χ2v) is 3.90. The number of nitrogens with zero attached hydrogens (tertiary/aromatic N) is 1. The van der Waals surface area contributed by atoms with Crippen molar-refractivity contribution in [1.82, 2.24) is 10.3 Å². The maximum absolute atomic E-state index is 10.4. The van der Waals surface area contributed by atoms with E-state index >= 15 is 0 Å². The molecule has 2 rings (SSSR count). The molecule has 0 radical (unpaired) electrons. The molecule has 0 unspecified atom stereocenters. The number of hydrogen-bond acceptors (Lipinski definition) is 4. The second kappa shape index (κ2) is 4.16. The van der Waals surface area contributed by atoms with Gasteiger partial charge in [-0.2, -0.15) is 0 Å². The first-order valence-corrected chi connectivity index (χ1v) is 5.17. The Balaban J connectivity index is 2.26. The third kappa shape index (κ3) is 2.11. The molecule has 2 heterocycles. The minimum Gasteiger partial charge on any atom is -0.495 e. The van der Waals surface area contributed by atoms with Crippen LogP contribution in [0.15, 0.2) is 18.5 Å². The zero-order valence-corrected chi connectivity index (χ0v) is 8.86. The van der Waals surface area contributed by atoms with Gasteiger partial charge in [-0.1, -0.05) is 0 Å². The van der Waals surface area contributed by atoms with Crippen molar-refractivity contribution in [3.63, 3.8) is 0 Å². The summed E-state index contributed by atoms with van der Waals surface area (Å²) < 4.78 is 5.10. The monoisotopic (exact) mass is 208 g/mol. The molecular formula is C11H16N2O2. The summed E-state index contributed by atoms with van der Waals surface area (Å²) in [5.74, 6) is 0.694. The van der Waals surface area contributed by atoms with Gasteiger partial charge in [0, 0.05) is 11.8 Å². The quantitative estimate of drug-likeness (QED) is 0.749. The van der Waals surface area contributed by atoms with Gasteiger partial charge in [-0.25, -0.2) is 0 Å². The van der Waals surface area contributed by atoms with Gasteiger partial charge in [0.05, 0.1) is 18.9 Å². The van der Waals surface area contributed by atoms with Crippen molar-refractivity contribution in [2.75, 3.05) is 20.2 Å². The Morgan fingerprint density at radius 1 is 1.40 bits per heavy atom. The first-order chi connectivity index (χ1) is 7.24. The molecule has 1 saturated heterocycles. The highest BCUT2D eigenvalue weighted by Crippen LogP contribution is 2.31. The molecule has 0 atom stereocenters. The lowest BCUT2D eigenvalue weighted by atomic mass is 9.86. The van der Waals surface area contributed by atoms with Crippen LogP contribution < -0.4 is 10.1 Å². The number of aromatic nitrogens is 1. The van der Waals surface area contributed by atoms with Gasteiger partial charge in [0.1, 0.15) is 5.75 Å². The summed E-state index contributed by atoms with van der Waals surface area (Å²) in [6.07, 6.45) is 4.81. The van der Waals surface area contributed by atoms with E-state index in [1.165, 1.54) is 0 Å². The fraction of sp³-hybridized carbons (Fsp3) is 0.545. The lowest BCUT2D eigenvalue weighted by Gasteiger charge is -2.32. The Kier molecular flexibility index (Phi) is 2.88. The van der Waals surface area contributed by atoms with Gasteiger partial charge in [-0.05, 0) is 32.0 Å². The molecule has 4 nitrogen and oxygen atoms in total. The van der Waals surface area contributed by atoms with Crippen molar-refractivity contribution in [2.24, 2.45) is 0 Å². The predicted molar refractivity (Wildman–Crippen MR) is 56.8 cm³/mol. The van der Waals surface area contributed by atoms with Crippen LogP contribution in [-0.4, -0.2) is 30.3 Å². The van der Waals surface area contributed by atoms with Crippen LogP contribution in [0.4, 0.5) is 0 Å². The summed E-state index contributed by atoms with van der Waals surface area (Å²) in [7, 11) is 1.60. The van der Waals surface area contributed by atoms with E-state index in [2.05, 4.69) is 10.3 Å². The Hall–Kier alpha value is -1.13. The molecule has 15 heavy (non-hydrogen) atoms. The van der Waals surface area contributed by atoms with Crippen LogP contribution in [-0.2, 0) is 5.60 Å². The summed E-state index contributed by atoms with van der Waals surface area (Å²) in [5.41, 5.74) is 0.107. The van der Waals surface area contributed by atoms with Crippen molar-refractivity contribution in [3.8, 4) is 5.75 Å². The summed E-state index contributed by atoms with van der Waals surface area (Å²) >= 11 is 0. The van der Waals surface area contributed by atoms with Crippen LogP contribution in [0.2, 0.25) is 0 Å². The van der Waals surface area contributed by atoms with Crippen LogP contribution >= 0.6 is 0 Å². The number of aliphatic hydroxyl groups is 1. The SMILES string of the molecule is COc1cncc(C2(O)CCNCC2)c1. The molecule has 0 saturated carbocycles. The van der Waals surface area contributed by atoms with Crippen LogP contribution in [0, 0.1) is 0 Å². The lowest BCUT2D eigenvalue weighted by molar-refractivity contribution is 0.00545. The van der Waals surface area contributed by atoms with Crippen LogP contribution in [0.3, 0.4) is 0 Å². The van der Waals surface area contributed by atoms with Crippen molar-refractivity contribution in [2.45, 2.75) is 18.4 Å². The molecule has 0 aromatic carbocycles. The van der Waals surface area contributed by atoms with E-state index in [0.717, 1.165) is 31.5 Å². The molecule has 1 aromatic heterocycles. The van der Waals surface area contributed by atoms with E-state index in [4.69, 9.17) is 4.74 Å². The molecule has 0 bridgehead atoms. The molecule has 2 N–H and O–H groups in total. The molecule has 0 aliphatic carbocycles. The van der Waals surface area contributed by atoms with Crippen molar-refractivity contribution >= 4 is 0 Å². The zero-order chi connectivity index (χ0) is 10.7. The number of piperidine rings is 1. The van der Waals surface area contributed by atoms with Crippen molar-refractivity contribution < 1.29 is 9.84 Å². The Morgan fingerprint density at radius 2 is 2.13 bits per heavy atom. The number of rotatable bonds is 2. The summed E-state index contributed by atoms with van der Waals surface area (Å²) in [6.45, 7) is 1.68. The van der Waals surface area contributed by atoms with Gasteiger partial charge in [0.2, 0.25) is 0 Å². The number of hydrogen-bond donors (Lipinski definition) is 2. The molecule has 0 amide bonds. The van der Waals surface area contributed by atoms with Gasteiger partial charge in [0.25, 0.3) is 0 Å². The molecule has 1 aliphatic heterocycles. The fourth-order valence-electron chi connectivity index (χ4n) is 1.91. The topological polar surface area (TPSA) is 54.4 Å². The largest absolute Gasteiger partial charge is 0.495 e. The van der Waals surface area contributed by atoms with Crippen molar-refractivity contribution in [3.05, 3.63) is 24.0 Å². The summed E-state index contributed by atoms with van der Waals surface area (Å²) in [6, 6.07) is 1.86. The lowest BCUT2D eigenvalue weighted by Crippen LogP contribution is -2.39. The van der Waals surface area contributed by atoms with E-state index < -0.39 is 5.60 Å². The van der Waals surface area contributed by atoms with Crippen LogP contribution in [0.25, 0.3) is 0 Å². The first-order valence-electron chi connectivity index (χ1n) is 5.17. The van der Waals surface area contributed by atoms with Gasteiger partial charge in [-0.15, -0.1) is 0 Å². The van der Waals surface area contributed by atoms with Crippen LogP contribution in [0.5, 0.6) is 5.75 Å². The van der Waals surface area contributed by atoms with E-state index in [9.17, 15) is 5.11 Å². The van der Waals surface area contributed by atoms with Gasteiger partial charge < -0.3 is 15.2 Å². The Morgan fingerprint density at radius 3 is 2.80 bits per heavy atom. The standard InChI is InChI=1S/C11H16N2O2/c1-15-10-6-9(7-13-8-10)11(14)2-4-12-5-3-11/h6-8,12,14H,2-5H2,1H3. The maximum Gasteiger partial charge on any atom is 0.137 e. The predicted octanol–water partition coefficient (Wildman–Crippen LogP) is 0.661. The molecule has 1 aliphatic rings. The minimum atomic E-state index is -0.743. The molecular weight excluding hydrogens is 192 g/mol. The maximum atomic E-state index is 10.4. The molecule has 4 heteroatoms. The second-order valence-electron chi connectivity index (χ2n) is 3.90. The highest BCUT2D eigenvalue weighted by molar-refractivity contribution is 5.28. The Labute approximate surface area is 89.3 Å². The van der Waals surface area contributed by atoms with Gasteiger partial charge in [-0.3, -0.25) is 4.98 Å². The highest BCUT2D eigenvalue weighted by Gasteiger charge is 2.31. The molecule has 82 valence electrons. The van der Waals surface area contributed by atoms with E-state index in [-0.39, 0.29) is 0 Å². The normalized spacial score (nSPS) is 19.9. The highest BCUT2D eigenvalue weighted by atomic mass is 16.5. The number of methoxy groups -OCH3 is 1. The first kappa shape index (κ1) is 10.4. The summed E-state index contributed by atoms with van der Waals surface area (Å²) in [5, 5.41) is 13.7. The van der Waals surface area contributed by atoms with E-state index in [1.54, 1.807) is 19.5 Å². The van der Waals surface area contributed by atoms with E-state index in [1.807, 2.05) is 6.07 Å². The average molecular weight is 208 g/mol. The number of ether oxygens (including phenoxy) is 1. The summed E-state index contributed by atoms with van der Waals surface area (Å²) in [4.78, 5) is 4.07. The van der Waals surface area contributed by atoms with Gasteiger partial charge in [0.15, 0.2) is 0 Å². The van der Waals surface area contributed by atoms with E-state index in [0.29, 0.717) is 5.75 Å². The number of pyridine rings is 1. The minimum absolute atomic E-state index is 0.694. The molecule has 0 spiro atoms. The third-order valence-electron chi connectivity index (χ3n) is 2.92. The van der Waals surface area contributed by atoms with Crippen molar-refractivity contribution in [1.29, 1.82) is 0 Å². The number of nitrogens with one attached hydrogen (secondary N) is 1. The fourth-order valence-corrected chi connectivity index (χ4v) is 1.91. The zero-order valence-electron chi connectivity index (χ0n) is 8.86. The third-order valence-corrected chi connectivity index (χ3v) is 2.92.